The minimum atomic E-state index is -1.47. The summed E-state index contributed by atoms with van der Waals surface area (Å²) in [6.07, 6.45) is 0. The molecule has 0 amide bonds. The summed E-state index contributed by atoms with van der Waals surface area (Å²) in [7, 11) is -1.47. The molecule has 0 fully saturated rings. The summed E-state index contributed by atoms with van der Waals surface area (Å²) < 4.78 is 9.01. The van der Waals surface area contributed by atoms with Gasteiger partial charge in [-0.15, -0.1) is 18.2 Å². The van der Waals surface area contributed by atoms with Crippen molar-refractivity contribution in [2.24, 2.45) is 0 Å². The molecule has 2 heterocycles. The third-order valence-corrected chi connectivity index (χ3v) is 9.69. The van der Waals surface area contributed by atoms with Gasteiger partial charge in [-0.3, -0.25) is 4.98 Å². The number of aromatic nitrogens is 2. The monoisotopic (exact) mass is 708 g/mol. The van der Waals surface area contributed by atoms with E-state index in [1.165, 1.54) is 22.0 Å². The molecule has 0 atom stereocenters. The van der Waals surface area contributed by atoms with Crippen molar-refractivity contribution >= 4 is 46.2 Å². The quantitative estimate of drug-likeness (QED) is 0.132. The van der Waals surface area contributed by atoms with Gasteiger partial charge in [0.15, 0.2) is 0 Å². The standard InChI is InChI=1S/C34H35N2OSi.Ir/c1-21(2)24-12-10-13-25(22(3)4)32(24)36-30-17-9-8-16-29(30)35-34(36)28-15-11-14-27-26-19-18-23(38(5,6)7)20-31(26)37-33(27)28;/h8-14,16-22H,1-7H3;/q-1;. The van der Waals surface area contributed by atoms with Crippen LogP contribution in [0.3, 0.4) is 0 Å². The van der Waals surface area contributed by atoms with E-state index in [1.807, 2.05) is 6.07 Å². The number of para-hydroxylation sites is 3. The normalized spacial score (nSPS) is 12.2. The predicted molar refractivity (Wildman–Crippen MR) is 164 cm³/mol. The van der Waals surface area contributed by atoms with Crippen LogP contribution in [0.1, 0.15) is 50.7 Å². The SMILES string of the molecule is CC(C)c1cccc(C(C)C)c1-n1c(-c2[c-]ccc3c2oc2cc([Si](C)(C)C)ccc23)nc2ccccc21.[Ir]. The maximum absolute atomic E-state index is 6.65. The first-order valence-electron chi connectivity index (χ1n) is 13.6. The molecule has 0 bridgehead atoms. The molecule has 1 radical (unpaired) electrons. The van der Waals surface area contributed by atoms with Gasteiger partial charge in [0.05, 0.1) is 30.5 Å². The summed E-state index contributed by atoms with van der Waals surface area (Å²) >= 11 is 0. The minimum absolute atomic E-state index is 0. The first-order chi connectivity index (χ1) is 18.1. The summed E-state index contributed by atoms with van der Waals surface area (Å²) in [4.78, 5) is 5.22. The molecule has 0 N–H and O–H groups in total. The first kappa shape index (κ1) is 27.6. The molecule has 5 heteroatoms. The van der Waals surface area contributed by atoms with E-state index in [0.717, 1.165) is 44.4 Å². The average molecular weight is 708 g/mol. The molecular weight excluding hydrogens is 673 g/mol. The molecule has 4 aromatic carbocycles. The molecule has 39 heavy (non-hydrogen) atoms. The number of rotatable bonds is 5. The van der Waals surface area contributed by atoms with E-state index in [1.54, 1.807) is 0 Å². The van der Waals surface area contributed by atoms with Crippen molar-refractivity contribution < 1.29 is 24.5 Å². The van der Waals surface area contributed by atoms with Crippen molar-refractivity contribution in [1.29, 1.82) is 0 Å². The number of nitrogens with zero attached hydrogens (tertiary/aromatic N) is 2. The van der Waals surface area contributed by atoms with Gasteiger partial charge in [0.1, 0.15) is 5.58 Å². The fraction of sp³-hybridized carbons (Fsp3) is 0.265. The Morgan fingerprint density at radius 3 is 2.18 bits per heavy atom. The van der Waals surface area contributed by atoms with Gasteiger partial charge < -0.3 is 8.98 Å². The molecule has 0 unspecified atom stereocenters. The first-order valence-corrected chi connectivity index (χ1v) is 17.1. The molecule has 0 aliphatic heterocycles. The maximum Gasteiger partial charge on any atom is 0.120 e. The Balaban J connectivity index is 0.00000308. The Labute approximate surface area is 245 Å². The number of hydrogen-bond acceptors (Lipinski definition) is 2. The number of imidazole rings is 1. The number of benzene rings is 4. The summed E-state index contributed by atoms with van der Waals surface area (Å²) in [6, 6.07) is 29.6. The molecule has 3 nitrogen and oxygen atoms in total. The van der Waals surface area contributed by atoms with Crippen molar-refractivity contribution in [2.45, 2.75) is 59.2 Å². The van der Waals surface area contributed by atoms with Crippen LogP contribution in [0, 0.1) is 6.07 Å². The summed E-state index contributed by atoms with van der Waals surface area (Å²) in [5.74, 6) is 1.60. The molecule has 0 aliphatic carbocycles. The molecule has 201 valence electrons. The smallest absolute Gasteiger partial charge is 0.120 e. The maximum atomic E-state index is 6.65. The van der Waals surface area contributed by atoms with Crippen LogP contribution in [-0.2, 0) is 20.1 Å². The van der Waals surface area contributed by atoms with Gasteiger partial charge in [0.25, 0.3) is 0 Å². The van der Waals surface area contributed by atoms with Crippen LogP contribution >= 0.6 is 0 Å². The Morgan fingerprint density at radius 1 is 0.821 bits per heavy atom. The second-order valence-corrected chi connectivity index (χ2v) is 17.1. The Kier molecular flexibility index (Phi) is 7.22. The van der Waals surface area contributed by atoms with E-state index in [4.69, 9.17) is 9.40 Å². The van der Waals surface area contributed by atoms with Gasteiger partial charge in [-0.05, 0) is 41.2 Å². The number of furan rings is 1. The van der Waals surface area contributed by atoms with Crippen LogP contribution in [0.2, 0.25) is 19.6 Å². The van der Waals surface area contributed by atoms with Crippen LogP contribution in [-0.4, -0.2) is 17.6 Å². The average Bonchev–Trinajstić information content (AvgIpc) is 3.45. The van der Waals surface area contributed by atoms with Crippen LogP contribution < -0.4 is 5.19 Å². The van der Waals surface area contributed by atoms with Crippen LogP contribution in [0.25, 0.3) is 50.0 Å². The van der Waals surface area contributed by atoms with Gasteiger partial charge >= 0.3 is 0 Å². The van der Waals surface area contributed by atoms with Crippen LogP contribution in [0.15, 0.2) is 77.2 Å². The van der Waals surface area contributed by atoms with Gasteiger partial charge in [0.2, 0.25) is 0 Å². The van der Waals surface area contributed by atoms with Crippen molar-refractivity contribution in [3.8, 4) is 17.1 Å². The molecule has 0 saturated carbocycles. The zero-order chi connectivity index (χ0) is 26.8. The molecule has 0 aliphatic rings. The Bertz CT molecular complexity index is 1790. The Hall–Kier alpha value is -2.98. The van der Waals surface area contributed by atoms with Gasteiger partial charge in [0, 0.05) is 31.2 Å². The molecule has 0 saturated heterocycles. The topological polar surface area (TPSA) is 31.0 Å². The van der Waals surface area contributed by atoms with Crippen molar-refractivity contribution in [1.82, 2.24) is 9.55 Å². The van der Waals surface area contributed by atoms with Crippen molar-refractivity contribution in [2.75, 3.05) is 0 Å². The van der Waals surface area contributed by atoms with Crippen molar-refractivity contribution in [3.05, 3.63) is 90.0 Å². The summed E-state index contributed by atoms with van der Waals surface area (Å²) in [6.45, 7) is 16.2. The second-order valence-electron chi connectivity index (χ2n) is 12.0. The molecule has 2 aromatic heterocycles. The van der Waals surface area contributed by atoms with Crippen LogP contribution in [0.5, 0.6) is 0 Å². The zero-order valence-electron chi connectivity index (χ0n) is 23.7. The number of hydrogen-bond donors (Lipinski definition) is 0. The van der Waals surface area contributed by atoms with E-state index in [0.29, 0.717) is 11.8 Å². The molecule has 0 spiro atoms. The number of fused-ring (bicyclic) bond motifs is 4. The molecule has 6 rings (SSSR count). The van der Waals surface area contributed by atoms with Gasteiger partial charge in [-0.1, -0.05) is 106 Å². The fourth-order valence-corrected chi connectivity index (χ4v) is 6.71. The molecular formula is C34H35IrN2OSi-. The van der Waals surface area contributed by atoms with Gasteiger partial charge in [-0.2, -0.15) is 0 Å². The van der Waals surface area contributed by atoms with E-state index in [2.05, 4.69) is 125 Å². The third kappa shape index (κ3) is 4.61. The van der Waals surface area contributed by atoms with Crippen LogP contribution in [0.4, 0.5) is 0 Å². The van der Waals surface area contributed by atoms with E-state index >= 15 is 0 Å². The summed E-state index contributed by atoms with van der Waals surface area (Å²) in [5, 5.41) is 3.65. The minimum Gasteiger partial charge on any atom is -0.501 e. The van der Waals surface area contributed by atoms with Gasteiger partial charge in [-0.25, -0.2) is 0 Å². The zero-order valence-corrected chi connectivity index (χ0v) is 27.1. The fourth-order valence-electron chi connectivity index (χ4n) is 5.56. The second kappa shape index (κ2) is 10.2. The van der Waals surface area contributed by atoms with E-state index < -0.39 is 8.07 Å². The Morgan fingerprint density at radius 2 is 1.51 bits per heavy atom. The largest absolute Gasteiger partial charge is 0.501 e. The third-order valence-electron chi connectivity index (χ3n) is 7.65. The molecule has 6 aromatic rings. The van der Waals surface area contributed by atoms with E-state index in [9.17, 15) is 0 Å². The predicted octanol–water partition coefficient (Wildman–Crippen LogP) is 9.18. The van der Waals surface area contributed by atoms with Crippen molar-refractivity contribution in [3.63, 3.8) is 0 Å². The summed E-state index contributed by atoms with van der Waals surface area (Å²) in [5.41, 5.74) is 8.61. The van der Waals surface area contributed by atoms with E-state index in [-0.39, 0.29) is 20.1 Å².